The maximum atomic E-state index is 5.38. The number of unbranched alkanes of at least 4 members (excludes halogenated alkanes) is 14. The van der Waals surface area contributed by atoms with Gasteiger partial charge in [-0.05, 0) is 19.1 Å². The molecule has 0 atom stereocenters. The number of nitrogens with two attached hydrogens (primary N) is 1. The van der Waals surface area contributed by atoms with Crippen molar-refractivity contribution in [3.63, 3.8) is 0 Å². The first-order chi connectivity index (χ1) is 10.4. The van der Waals surface area contributed by atoms with E-state index >= 15 is 0 Å². The topological polar surface area (TPSA) is 38.4 Å². The predicted octanol–water partition coefficient (Wildman–Crippen LogP) is 5.89. The molecular formula is C19H40N2. The Labute approximate surface area is 134 Å². The lowest BCUT2D eigenvalue weighted by molar-refractivity contribution is 0.537. The van der Waals surface area contributed by atoms with Crippen molar-refractivity contribution in [2.24, 2.45) is 10.7 Å². The molecule has 0 spiro atoms. The van der Waals surface area contributed by atoms with Gasteiger partial charge in [0.2, 0.25) is 0 Å². The first kappa shape index (κ1) is 20.6. The van der Waals surface area contributed by atoms with Crippen molar-refractivity contribution >= 4 is 6.21 Å². The number of aliphatic imine (C=N–C) groups is 1. The summed E-state index contributed by atoms with van der Waals surface area (Å²) in [7, 11) is 0. The standard InChI is InChI=1S/C19H40N2/c1-2-3-4-5-6-7-8-9-10-11-12-13-14-15-16-18-21-19-17-20/h18H,2-17,19-20H2,1H3. The van der Waals surface area contributed by atoms with E-state index in [0.717, 1.165) is 13.0 Å². The molecule has 0 aliphatic rings. The van der Waals surface area contributed by atoms with E-state index < -0.39 is 0 Å². The molecule has 0 fully saturated rings. The lowest BCUT2D eigenvalue weighted by Crippen LogP contribution is -2.02. The van der Waals surface area contributed by atoms with Crippen LogP contribution in [0.5, 0.6) is 0 Å². The van der Waals surface area contributed by atoms with Gasteiger partial charge in [0.1, 0.15) is 0 Å². The van der Waals surface area contributed by atoms with Gasteiger partial charge in [0.25, 0.3) is 0 Å². The minimum Gasteiger partial charge on any atom is -0.329 e. The second kappa shape index (κ2) is 19.6. The normalized spacial score (nSPS) is 11.5. The van der Waals surface area contributed by atoms with Crippen LogP contribution in [0.15, 0.2) is 4.99 Å². The zero-order valence-electron chi connectivity index (χ0n) is 14.6. The molecule has 0 aliphatic carbocycles. The number of hydrogen-bond donors (Lipinski definition) is 1. The SMILES string of the molecule is CCCCCCCCCCCCCCCCC=NCCN. The summed E-state index contributed by atoms with van der Waals surface area (Å²) in [4.78, 5) is 4.24. The summed E-state index contributed by atoms with van der Waals surface area (Å²) in [6.45, 7) is 3.75. The molecule has 2 N–H and O–H groups in total. The molecule has 0 saturated carbocycles. The number of hydrogen-bond acceptors (Lipinski definition) is 2. The third-order valence-electron chi connectivity index (χ3n) is 4.07. The fourth-order valence-electron chi connectivity index (χ4n) is 2.69. The molecule has 0 saturated heterocycles. The first-order valence-corrected chi connectivity index (χ1v) is 9.60. The van der Waals surface area contributed by atoms with E-state index in [1.807, 2.05) is 6.21 Å². The van der Waals surface area contributed by atoms with E-state index in [1.54, 1.807) is 0 Å². The van der Waals surface area contributed by atoms with Crippen molar-refractivity contribution in [1.29, 1.82) is 0 Å². The van der Waals surface area contributed by atoms with Gasteiger partial charge in [0.05, 0.1) is 6.54 Å². The molecule has 0 bridgehead atoms. The summed E-state index contributed by atoms with van der Waals surface area (Å²) in [6.07, 6.45) is 23.1. The average Bonchev–Trinajstić information content (AvgIpc) is 2.50. The molecule has 0 rings (SSSR count). The molecule has 0 amide bonds. The van der Waals surface area contributed by atoms with Crippen LogP contribution in [0, 0.1) is 0 Å². The maximum absolute atomic E-state index is 5.38. The van der Waals surface area contributed by atoms with Gasteiger partial charge in [-0.25, -0.2) is 0 Å². The summed E-state index contributed by atoms with van der Waals surface area (Å²) in [5.74, 6) is 0. The fourth-order valence-corrected chi connectivity index (χ4v) is 2.69. The Morgan fingerprint density at radius 3 is 1.52 bits per heavy atom. The van der Waals surface area contributed by atoms with Gasteiger partial charge in [-0.2, -0.15) is 0 Å². The van der Waals surface area contributed by atoms with E-state index in [1.165, 1.54) is 89.9 Å². The van der Waals surface area contributed by atoms with E-state index in [4.69, 9.17) is 5.73 Å². The molecule has 0 aromatic carbocycles. The highest BCUT2D eigenvalue weighted by molar-refractivity contribution is 5.56. The summed E-state index contributed by atoms with van der Waals surface area (Å²) in [5.41, 5.74) is 5.38. The highest BCUT2D eigenvalue weighted by atomic mass is 14.7. The molecule has 0 aromatic rings. The zero-order valence-corrected chi connectivity index (χ0v) is 14.6. The molecule has 21 heavy (non-hydrogen) atoms. The average molecular weight is 297 g/mol. The van der Waals surface area contributed by atoms with Crippen LogP contribution in [0.1, 0.15) is 103 Å². The quantitative estimate of drug-likeness (QED) is 0.264. The summed E-state index contributed by atoms with van der Waals surface area (Å²) < 4.78 is 0. The van der Waals surface area contributed by atoms with Crippen molar-refractivity contribution < 1.29 is 0 Å². The van der Waals surface area contributed by atoms with Crippen LogP contribution < -0.4 is 5.73 Å². The largest absolute Gasteiger partial charge is 0.329 e. The molecule has 0 aliphatic heterocycles. The minimum atomic E-state index is 0.676. The van der Waals surface area contributed by atoms with Crippen LogP contribution in [-0.2, 0) is 0 Å². The van der Waals surface area contributed by atoms with E-state index in [2.05, 4.69) is 11.9 Å². The highest BCUT2D eigenvalue weighted by Gasteiger charge is 1.93. The molecule has 2 heteroatoms. The predicted molar refractivity (Wildman–Crippen MR) is 97.3 cm³/mol. The van der Waals surface area contributed by atoms with E-state index in [-0.39, 0.29) is 0 Å². The van der Waals surface area contributed by atoms with Gasteiger partial charge in [0.15, 0.2) is 0 Å². The summed E-state index contributed by atoms with van der Waals surface area (Å²) in [5, 5.41) is 0. The molecule has 2 nitrogen and oxygen atoms in total. The second-order valence-corrected chi connectivity index (χ2v) is 6.26. The Balaban J connectivity index is 2.96. The van der Waals surface area contributed by atoms with Crippen LogP contribution in [-0.4, -0.2) is 19.3 Å². The van der Waals surface area contributed by atoms with Crippen LogP contribution in [0.3, 0.4) is 0 Å². The fraction of sp³-hybridized carbons (Fsp3) is 0.947. The monoisotopic (exact) mass is 296 g/mol. The first-order valence-electron chi connectivity index (χ1n) is 9.60. The zero-order chi connectivity index (χ0) is 15.4. The second-order valence-electron chi connectivity index (χ2n) is 6.26. The molecule has 126 valence electrons. The Morgan fingerprint density at radius 2 is 1.10 bits per heavy atom. The van der Waals surface area contributed by atoms with Gasteiger partial charge >= 0.3 is 0 Å². The molecule has 0 radical (unpaired) electrons. The van der Waals surface area contributed by atoms with E-state index in [9.17, 15) is 0 Å². The summed E-state index contributed by atoms with van der Waals surface area (Å²) in [6, 6.07) is 0. The Morgan fingerprint density at radius 1 is 0.667 bits per heavy atom. The molecular weight excluding hydrogens is 256 g/mol. The van der Waals surface area contributed by atoms with Crippen LogP contribution in [0.4, 0.5) is 0 Å². The van der Waals surface area contributed by atoms with Crippen LogP contribution in [0.25, 0.3) is 0 Å². The molecule has 0 heterocycles. The van der Waals surface area contributed by atoms with Gasteiger partial charge in [-0.15, -0.1) is 0 Å². The van der Waals surface area contributed by atoms with Gasteiger partial charge in [-0.1, -0.05) is 90.4 Å². The highest BCUT2D eigenvalue weighted by Crippen LogP contribution is 2.13. The van der Waals surface area contributed by atoms with Crippen molar-refractivity contribution in [3.8, 4) is 0 Å². The number of rotatable bonds is 17. The lowest BCUT2D eigenvalue weighted by atomic mass is 10.0. The van der Waals surface area contributed by atoms with Gasteiger partial charge in [0, 0.05) is 6.54 Å². The Hall–Kier alpha value is -0.370. The third-order valence-corrected chi connectivity index (χ3v) is 4.07. The maximum Gasteiger partial charge on any atom is 0.0508 e. The minimum absolute atomic E-state index is 0.676. The lowest BCUT2D eigenvalue weighted by Gasteiger charge is -2.02. The van der Waals surface area contributed by atoms with Crippen molar-refractivity contribution in [2.45, 2.75) is 103 Å². The van der Waals surface area contributed by atoms with Crippen LogP contribution >= 0.6 is 0 Å². The van der Waals surface area contributed by atoms with Crippen molar-refractivity contribution in [3.05, 3.63) is 0 Å². The number of nitrogens with zero attached hydrogens (tertiary/aromatic N) is 1. The molecule has 0 unspecified atom stereocenters. The van der Waals surface area contributed by atoms with Crippen molar-refractivity contribution in [2.75, 3.05) is 13.1 Å². The van der Waals surface area contributed by atoms with Crippen molar-refractivity contribution in [1.82, 2.24) is 0 Å². The summed E-state index contributed by atoms with van der Waals surface area (Å²) >= 11 is 0. The third kappa shape index (κ3) is 19.6. The molecule has 0 aromatic heterocycles. The van der Waals surface area contributed by atoms with E-state index in [0.29, 0.717) is 6.54 Å². The Kier molecular flexibility index (Phi) is 19.3. The van der Waals surface area contributed by atoms with Gasteiger partial charge < -0.3 is 5.73 Å². The van der Waals surface area contributed by atoms with Gasteiger partial charge in [-0.3, -0.25) is 4.99 Å². The smallest absolute Gasteiger partial charge is 0.0508 e. The Bertz CT molecular complexity index is 202. The van der Waals surface area contributed by atoms with Crippen LogP contribution in [0.2, 0.25) is 0 Å².